The van der Waals surface area contributed by atoms with E-state index in [1.165, 1.54) is 18.4 Å². The second kappa shape index (κ2) is 5.40. The Morgan fingerprint density at radius 1 is 1.62 bits per heavy atom. The van der Waals surface area contributed by atoms with Crippen molar-refractivity contribution in [3.8, 4) is 0 Å². The first-order valence-corrected chi connectivity index (χ1v) is 5.24. The van der Waals surface area contributed by atoms with E-state index in [4.69, 9.17) is 4.74 Å². The van der Waals surface area contributed by atoms with Crippen LogP contribution in [0.1, 0.15) is 33.6 Å². The van der Waals surface area contributed by atoms with E-state index in [2.05, 4.69) is 32.2 Å². The predicted molar refractivity (Wildman–Crippen MR) is 55.9 cm³/mol. The first-order chi connectivity index (χ1) is 6.24. The number of rotatable bonds is 4. The van der Waals surface area contributed by atoms with Crippen molar-refractivity contribution in [3.63, 3.8) is 0 Å². The molecule has 13 heavy (non-hydrogen) atoms. The van der Waals surface area contributed by atoms with Crippen LogP contribution in [0.2, 0.25) is 0 Å². The molecule has 1 heterocycles. The molecule has 1 saturated heterocycles. The smallest absolute Gasteiger partial charge is 0.0764 e. The Hall–Kier alpha value is -0.340. The Kier molecular flexibility index (Phi) is 4.46. The number of hydrogen-bond acceptors (Lipinski definition) is 2. The zero-order chi connectivity index (χ0) is 9.68. The predicted octanol–water partition coefficient (Wildman–Crippen LogP) is 2.11. The third kappa shape index (κ3) is 3.49. The highest BCUT2D eigenvalue weighted by molar-refractivity contribution is 5.04. The van der Waals surface area contributed by atoms with Crippen LogP contribution < -0.4 is 5.32 Å². The summed E-state index contributed by atoms with van der Waals surface area (Å²) >= 11 is 0. The molecule has 1 aliphatic heterocycles. The maximum absolute atomic E-state index is 5.66. The van der Waals surface area contributed by atoms with Gasteiger partial charge in [0, 0.05) is 6.61 Å². The Morgan fingerprint density at radius 3 is 2.85 bits per heavy atom. The van der Waals surface area contributed by atoms with Crippen molar-refractivity contribution >= 4 is 0 Å². The maximum atomic E-state index is 5.66. The lowest BCUT2D eigenvalue weighted by Crippen LogP contribution is -2.38. The van der Waals surface area contributed by atoms with Crippen LogP contribution in [0.25, 0.3) is 0 Å². The van der Waals surface area contributed by atoms with Crippen LogP contribution in [0.5, 0.6) is 0 Å². The molecular weight excluding hydrogens is 162 g/mol. The molecule has 2 heteroatoms. The van der Waals surface area contributed by atoms with Gasteiger partial charge in [-0.15, -0.1) is 0 Å². The lowest BCUT2D eigenvalue weighted by molar-refractivity contribution is 0.0917. The van der Waals surface area contributed by atoms with Gasteiger partial charge in [-0.25, -0.2) is 0 Å². The van der Waals surface area contributed by atoms with Crippen molar-refractivity contribution in [3.05, 3.63) is 11.6 Å². The van der Waals surface area contributed by atoms with Crippen molar-refractivity contribution in [1.29, 1.82) is 0 Å². The van der Waals surface area contributed by atoms with Gasteiger partial charge in [0.1, 0.15) is 0 Å². The summed E-state index contributed by atoms with van der Waals surface area (Å²) in [6, 6.07) is 0.414. The molecule has 2 unspecified atom stereocenters. The van der Waals surface area contributed by atoms with E-state index in [1.807, 2.05) is 0 Å². The molecule has 1 N–H and O–H groups in total. The standard InChI is InChI=1S/C11H21NO/c1-4-12-10(8-9(2)3)11-6-5-7-13-11/h8,10-12H,4-7H2,1-3H3. The van der Waals surface area contributed by atoms with Gasteiger partial charge in [-0.05, 0) is 33.2 Å². The van der Waals surface area contributed by atoms with Crippen LogP contribution >= 0.6 is 0 Å². The lowest BCUT2D eigenvalue weighted by atomic mass is 10.1. The van der Waals surface area contributed by atoms with E-state index in [1.54, 1.807) is 0 Å². The number of nitrogens with one attached hydrogen (secondary N) is 1. The van der Waals surface area contributed by atoms with E-state index < -0.39 is 0 Å². The molecule has 2 nitrogen and oxygen atoms in total. The molecule has 0 radical (unpaired) electrons. The van der Waals surface area contributed by atoms with Crippen molar-refractivity contribution in [2.45, 2.75) is 45.8 Å². The molecule has 0 saturated carbocycles. The normalized spacial score (nSPS) is 24.4. The number of allylic oxidation sites excluding steroid dienone is 1. The second-order valence-corrected chi connectivity index (χ2v) is 3.88. The molecule has 2 atom stereocenters. The van der Waals surface area contributed by atoms with Crippen LogP contribution in [-0.4, -0.2) is 25.3 Å². The molecule has 1 fully saturated rings. The summed E-state index contributed by atoms with van der Waals surface area (Å²) in [5, 5.41) is 3.45. The minimum atomic E-state index is 0.398. The number of likely N-dealkylation sites (N-methyl/N-ethyl adjacent to an activating group) is 1. The average Bonchev–Trinajstić information content (AvgIpc) is 2.54. The molecule has 0 amide bonds. The zero-order valence-corrected chi connectivity index (χ0v) is 8.97. The highest BCUT2D eigenvalue weighted by Crippen LogP contribution is 2.17. The third-order valence-corrected chi connectivity index (χ3v) is 2.32. The van der Waals surface area contributed by atoms with Gasteiger partial charge < -0.3 is 10.1 Å². The van der Waals surface area contributed by atoms with Gasteiger partial charge in [-0.2, -0.15) is 0 Å². The van der Waals surface area contributed by atoms with E-state index >= 15 is 0 Å². The topological polar surface area (TPSA) is 21.3 Å². The molecule has 0 aromatic heterocycles. The summed E-state index contributed by atoms with van der Waals surface area (Å²) in [5.74, 6) is 0. The van der Waals surface area contributed by atoms with Crippen LogP contribution in [0.4, 0.5) is 0 Å². The van der Waals surface area contributed by atoms with Crippen LogP contribution in [0.3, 0.4) is 0 Å². The van der Waals surface area contributed by atoms with Crippen molar-refractivity contribution in [2.24, 2.45) is 0 Å². The van der Waals surface area contributed by atoms with Crippen LogP contribution in [0, 0.1) is 0 Å². The van der Waals surface area contributed by atoms with Gasteiger partial charge >= 0.3 is 0 Å². The monoisotopic (exact) mass is 183 g/mol. The Bertz CT molecular complexity index is 167. The molecule has 0 aromatic rings. The fourth-order valence-electron chi connectivity index (χ4n) is 1.78. The number of ether oxygens (including phenoxy) is 1. The van der Waals surface area contributed by atoms with Gasteiger partial charge in [0.2, 0.25) is 0 Å². The van der Waals surface area contributed by atoms with Crippen LogP contribution in [0.15, 0.2) is 11.6 Å². The molecule has 0 spiro atoms. The maximum Gasteiger partial charge on any atom is 0.0764 e. The Labute approximate surface area is 81.4 Å². The highest BCUT2D eigenvalue weighted by atomic mass is 16.5. The van der Waals surface area contributed by atoms with E-state index in [-0.39, 0.29) is 0 Å². The minimum absolute atomic E-state index is 0.398. The van der Waals surface area contributed by atoms with Crippen molar-refractivity contribution in [1.82, 2.24) is 5.32 Å². The van der Waals surface area contributed by atoms with E-state index in [0.29, 0.717) is 12.1 Å². The molecule has 0 bridgehead atoms. The molecule has 76 valence electrons. The molecular formula is C11H21NO. The Balaban J connectivity index is 2.50. The minimum Gasteiger partial charge on any atom is -0.376 e. The summed E-state index contributed by atoms with van der Waals surface area (Å²) in [6.07, 6.45) is 5.08. The summed E-state index contributed by atoms with van der Waals surface area (Å²) < 4.78 is 5.66. The fourth-order valence-corrected chi connectivity index (χ4v) is 1.78. The number of hydrogen-bond donors (Lipinski definition) is 1. The average molecular weight is 183 g/mol. The molecule has 1 aliphatic rings. The van der Waals surface area contributed by atoms with Gasteiger partial charge in [0.05, 0.1) is 12.1 Å². The lowest BCUT2D eigenvalue weighted by Gasteiger charge is -2.20. The second-order valence-electron chi connectivity index (χ2n) is 3.88. The summed E-state index contributed by atoms with van der Waals surface area (Å²) in [5.41, 5.74) is 1.36. The first-order valence-electron chi connectivity index (χ1n) is 5.24. The largest absolute Gasteiger partial charge is 0.376 e. The van der Waals surface area contributed by atoms with Crippen molar-refractivity contribution in [2.75, 3.05) is 13.2 Å². The molecule has 0 aromatic carbocycles. The van der Waals surface area contributed by atoms with E-state index in [0.717, 1.165) is 13.2 Å². The van der Waals surface area contributed by atoms with Gasteiger partial charge in [0.15, 0.2) is 0 Å². The summed E-state index contributed by atoms with van der Waals surface area (Å²) in [4.78, 5) is 0. The van der Waals surface area contributed by atoms with E-state index in [9.17, 15) is 0 Å². The quantitative estimate of drug-likeness (QED) is 0.674. The van der Waals surface area contributed by atoms with Gasteiger partial charge in [0.25, 0.3) is 0 Å². The molecule has 1 rings (SSSR count). The third-order valence-electron chi connectivity index (χ3n) is 2.32. The first kappa shape index (κ1) is 10.7. The van der Waals surface area contributed by atoms with Gasteiger partial charge in [-0.1, -0.05) is 18.6 Å². The molecule has 0 aliphatic carbocycles. The fraction of sp³-hybridized carbons (Fsp3) is 0.818. The summed E-state index contributed by atoms with van der Waals surface area (Å²) in [6.45, 7) is 8.36. The zero-order valence-electron chi connectivity index (χ0n) is 8.97. The van der Waals surface area contributed by atoms with Crippen LogP contribution in [-0.2, 0) is 4.74 Å². The Morgan fingerprint density at radius 2 is 2.38 bits per heavy atom. The SMILES string of the molecule is CCNC(C=C(C)C)C1CCCO1. The highest BCUT2D eigenvalue weighted by Gasteiger charge is 2.23. The summed E-state index contributed by atoms with van der Waals surface area (Å²) in [7, 11) is 0. The van der Waals surface area contributed by atoms with Crippen molar-refractivity contribution < 1.29 is 4.74 Å². The van der Waals surface area contributed by atoms with Gasteiger partial charge in [-0.3, -0.25) is 0 Å².